The largest absolute Gasteiger partial charge is 0.480 e. The maximum atomic E-state index is 13.8. The van der Waals surface area contributed by atoms with Crippen LogP contribution in [0, 0.1) is 5.92 Å². The highest BCUT2D eigenvalue weighted by Crippen LogP contribution is 2.20. The average molecular weight is 933 g/mol. The lowest BCUT2D eigenvalue weighted by atomic mass is 10.0. The number of nitrogens with one attached hydrogen (secondary N) is 7. The van der Waals surface area contributed by atoms with E-state index in [1.807, 2.05) is 0 Å². The molecule has 2 heterocycles. The molecule has 10 unspecified atom stereocenters. The maximum absolute atomic E-state index is 13.8. The maximum Gasteiger partial charge on any atom is 0.328 e. The van der Waals surface area contributed by atoms with Crippen LogP contribution in [0.2, 0.25) is 0 Å². The molecule has 0 aromatic heterocycles. The SMILES string of the molecule is CC(N)C(=O)N1CCCC1C(=O)NC(C)C(=O)NC(Cc1ccccc1)C(=O)NC(CO)C(=O)NC(C(=O)NC(CO)C(=O)N1CCCC1C(=O)NC(C)C(=O)NC(CO)C(=O)O)C(C)C. The third-order valence-electron chi connectivity index (χ3n) is 11.1. The van der Waals surface area contributed by atoms with Gasteiger partial charge in [0, 0.05) is 19.5 Å². The second-order valence-corrected chi connectivity index (χ2v) is 16.7. The minimum absolute atomic E-state index is 0.0347. The molecule has 1 aromatic rings. The Balaban J connectivity index is 1.68. The number of carbonyl (C=O) groups is 10. The second kappa shape index (κ2) is 25.5. The number of carbonyl (C=O) groups excluding carboxylic acids is 9. The molecule has 2 saturated heterocycles. The molecule has 0 spiro atoms. The van der Waals surface area contributed by atoms with E-state index in [1.165, 1.54) is 25.7 Å². The molecule has 3 rings (SSSR count). The molecule has 366 valence electrons. The van der Waals surface area contributed by atoms with Crippen molar-refractivity contribution in [3.8, 4) is 0 Å². The van der Waals surface area contributed by atoms with E-state index >= 15 is 0 Å². The van der Waals surface area contributed by atoms with Gasteiger partial charge in [-0.25, -0.2) is 4.79 Å². The van der Waals surface area contributed by atoms with Crippen LogP contribution >= 0.6 is 0 Å². The van der Waals surface area contributed by atoms with Gasteiger partial charge in [-0.05, 0) is 57.9 Å². The fourth-order valence-electron chi connectivity index (χ4n) is 7.36. The number of rotatable bonds is 23. The van der Waals surface area contributed by atoms with Gasteiger partial charge in [0.25, 0.3) is 0 Å². The first-order valence-electron chi connectivity index (χ1n) is 21.7. The van der Waals surface area contributed by atoms with Crippen molar-refractivity contribution >= 4 is 59.1 Å². The predicted molar refractivity (Wildman–Crippen MR) is 232 cm³/mol. The molecule has 9 amide bonds. The van der Waals surface area contributed by atoms with Crippen LogP contribution in [-0.2, 0) is 54.4 Å². The smallest absolute Gasteiger partial charge is 0.328 e. The number of benzene rings is 1. The molecule has 24 nitrogen and oxygen atoms in total. The molecule has 0 aliphatic carbocycles. The zero-order valence-electron chi connectivity index (χ0n) is 37.7. The van der Waals surface area contributed by atoms with Gasteiger partial charge in [-0.1, -0.05) is 44.2 Å². The number of amides is 9. The normalized spacial score (nSPS) is 19.4. The molecule has 66 heavy (non-hydrogen) atoms. The molecule has 0 bridgehead atoms. The molecule has 24 heteroatoms. The highest BCUT2D eigenvalue weighted by molar-refractivity contribution is 5.98. The quantitative estimate of drug-likeness (QED) is 0.0488. The summed E-state index contributed by atoms with van der Waals surface area (Å²) in [5.41, 5.74) is 6.35. The number of aliphatic hydroxyl groups is 3. The van der Waals surface area contributed by atoms with E-state index in [0.29, 0.717) is 31.4 Å². The fraction of sp³-hybridized carbons (Fsp3) is 0.619. The van der Waals surface area contributed by atoms with Gasteiger partial charge in [0.2, 0.25) is 53.2 Å². The van der Waals surface area contributed by atoms with Crippen LogP contribution in [0.15, 0.2) is 30.3 Å². The lowest BCUT2D eigenvalue weighted by molar-refractivity contribution is -0.144. The van der Waals surface area contributed by atoms with E-state index in [1.54, 1.807) is 44.2 Å². The number of nitrogens with two attached hydrogens (primary N) is 1. The molecule has 2 aliphatic heterocycles. The summed E-state index contributed by atoms with van der Waals surface area (Å²) in [4.78, 5) is 133. The van der Waals surface area contributed by atoms with Crippen LogP contribution in [0.4, 0.5) is 0 Å². The van der Waals surface area contributed by atoms with Crippen molar-refractivity contribution in [1.82, 2.24) is 47.0 Å². The van der Waals surface area contributed by atoms with Crippen molar-refractivity contribution in [1.29, 1.82) is 0 Å². The van der Waals surface area contributed by atoms with E-state index in [-0.39, 0.29) is 19.4 Å². The summed E-state index contributed by atoms with van der Waals surface area (Å²) in [5, 5.41) is 55.6. The third-order valence-corrected chi connectivity index (χ3v) is 11.1. The van der Waals surface area contributed by atoms with Crippen LogP contribution in [0.3, 0.4) is 0 Å². The van der Waals surface area contributed by atoms with Gasteiger partial charge >= 0.3 is 5.97 Å². The highest BCUT2D eigenvalue weighted by atomic mass is 16.4. The van der Waals surface area contributed by atoms with E-state index in [2.05, 4.69) is 37.2 Å². The zero-order chi connectivity index (χ0) is 49.4. The summed E-state index contributed by atoms with van der Waals surface area (Å²) >= 11 is 0. The van der Waals surface area contributed by atoms with Gasteiger partial charge in [0.05, 0.1) is 25.9 Å². The van der Waals surface area contributed by atoms with Crippen LogP contribution in [0.25, 0.3) is 0 Å². The van der Waals surface area contributed by atoms with E-state index in [9.17, 15) is 63.3 Å². The number of carboxylic acid groups (broad SMARTS) is 1. The number of nitrogens with zero attached hydrogens (tertiary/aromatic N) is 2. The van der Waals surface area contributed by atoms with Crippen molar-refractivity contribution in [3.63, 3.8) is 0 Å². The summed E-state index contributed by atoms with van der Waals surface area (Å²) in [6, 6.07) is -4.40. The van der Waals surface area contributed by atoms with Crippen LogP contribution < -0.4 is 43.0 Å². The van der Waals surface area contributed by atoms with Crippen LogP contribution in [0.5, 0.6) is 0 Å². The van der Waals surface area contributed by atoms with Crippen LogP contribution in [-0.4, -0.2) is 183 Å². The van der Waals surface area contributed by atoms with Gasteiger partial charge in [-0.3, -0.25) is 43.2 Å². The lowest BCUT2D eigenvalue weighted by Gasteiger charge is -2.30. The summed E-state index contributed by atoms with van der Waals surface area (Å²) in [5.74, 6) is -9.36. The monoisotopic (exact) mass is 932 g/mol. The van der Waals surface area contributed by atoms with Crippen molar-refractivity contribution in [2.75, 3.05) is 32.9 Å². The molecule has 10 atom stereocenters. The molecule has 2 fully saturated rings. The minimum Gasteiger partial charge on any atom is -0.480 e. The molecular weight excluding hydrogens is 869 g/mol. The van der Waals surface area contributed by atoms with Crippen molar-refractivity contribution in [2.45, 2.75) is 127 Å². The number of likely N-dealkylation sites (tertiary alicyclic amines) is 2. The Hall–Kier alpha value is -6.24. The number of aliphatic carboxylic acids is 1. The topological polar surface area (TPSA) is 368 Å². The third kappa shape index (κ3) is 14.9. The predicted octanol–water partition coefficient (Wildman–Crippen LogP) is -5.29. The zero-order valence-corrected chi connectivity index (χ0v) is 37.7. The summed E-state index contributed by atoms with van der Waals surface area (Å²) < 4.78 is 0. The standard InChI is InChI=1S/C42H64N10O14/c1-21(2)32(39(62)48-28(19-54)41(64)52-16-10-14-31(52)38(61)45-24(5)34(57)49-29(20-55)42(65)66)50-36(59)27(18-53)47-35(58)26(17-25-11-7-6-8-12-25)46-33(56)23(4)44-37(60)30-13-9-15-51(30)40(63)22(3)43/h6-8,11-12,21-24,26-32,53-55H,9-10,13-20,43H2,1-5H3,(H,44,60)(H,45,61)(H,46,56)(H,47,58)(H,48,62)(H,49,57)(H,50,59)(H,65,66). The molecular formula is C42H64N10O14. The number of aliphatic hydroxyl groups excluding tert-OH is 3. The first kappa shape index (κ1) is 54.1. The molecule has 1 aromatic carbocycles. The van der Waals surface area contributed by atoms with Gasteiger partial charge < -0.3 is 73.2 Å². The van der Waals surface area contributed by atoms with Gasteiger partial charge in [0.15, 0.2) is 0 Å². The molecule has 0 saturated carbocycles. The Bertz CT molecular complexity index is 1920. The minimum atomic E-state index is -1.67. The fourth-order valence-corrected chi connectivity index (χ4v) is 7.36. The molecule has 0 radical (unpaired) electrons. The van der Waals surface area contributed by atoms with Gasteiger partial charge in [-0.2, -0.15) is 0 Å². The Kier molecular flexibility index (Phi) is 20.9. The average Bonchev–Trinajstić information content (AvgIpc) is 3.99. The first-order chi connectivity index (χ1) is 31.1. The summed E-state index contributed by atoms with van der Waals surface area (Å²) in [7, 11) is 0. The highest BCUT2D eigenvalue weighted by Gasteiger charge is 2.41. The Morgan fingerprint density at radius 1 is 0.576 bits per heavy atom. The Morgan fingerprint density at radius 3 is 1.47 bits per heavy atom. The van der Waals surface area contributed by atoms with Crippen LogP contribution in [0.1, 0.15) is 65.9 Å². The Morgan fingerprint density at radius 2 is 1.02 bits per heavy atom. The summed E-state index contributed by atoms with van der Waals surface area (Å²) in [6.07, 6.45) is 1.32. The number of hydrogen-bond donors (Lipinski definition) is 12. The molecule has 2 aliphatic rings. The molecule has 13 N–H and O–H groups in total. The lowest BCUT2D eigenvalue weighted by Crippen LogP contribution is -2.62. The number of carboxylic acids is 1. The van der Waals surface area contributed by atoms with E-state index in [4.69, 9.17) is 10.8 Å². The summed E-state index contributed by atoms with van der Waals surface area (Å²) in [6.45, 7) is 4.83. The van der Waals surface area contributed by atoms with E-state index < -0.39 is 145 Å². The van der Waals surface area contributed by atoms with Gasteiger partial charge in [-0.15, -0.1) is 0 Å². The van der Waals surface area contributed by atoms with Crippen molar-refractivity contribution in [2.24, 2.45) is 11.7 Å². The van der Waals surface area contributed by atoms with Crippen molar-refractivity contribution < 1.29 is 68.4 Å². The Labute approximate surface area is 381 Å². The number of hydrogen-bond acceptors (Lipinski definition) is 14. The second-order valence-electron chi connectivity index (χ2n) is 16.7. The first-order valence-corrected chi connectivity index (χ1v) is 21.7. The van der Waals surface area contributed by atoms with E-state index in [0.717, 1.165) is 4.90 Å². The van der Waals surface area contributed by atoms with Crippen molar-refractivity contribution in [3.05, 3.63) is 35.9 Å². The van der Waals surface area contributed by atoms with Gasteiger partial charge in [0.1, 0.15) is 54.4 Å².